The van der Waals surface area contributed by atoms with Crippen LogP contribution in [0, 0.1) is 0 Å². The molecule has 1 N–H and O–H groups in total. The van der Waals surface area contributed by atoms with E-state index < -0.39 is 0 Å². The summed E-state index contributed by atoms with van der Waals surface area (Å²) in [5, 5.41) is 3.15. The molecule has 1 aliphatic heterocycles. The maximum atomic E-state index is 12.3. The fraction of sp³-hybridized carbons (Fsp3) is 0.611. The highest BCUT2D eigenvalue weighted by Gasteiger charge is 2.28. The minimum Gasteiger partial charge on any atom is -0.484 e. The molecule has 122 valence electrons. The van der Waals surface area contributed by atoms with E-state index in [0.29, 0.717) is 6.04 Å². The van der Waals surface area contributed by atoms with E-state index in [1.54, 1.807) is 0 Å². The SMILES string of the molecule is CNCC1CCCN1C(=O)COc1ccc(C(C)(C)C)cc1. The molecule has 1 aromatic rings. The summed E-state index contributed by atoms with van der Waals surface area (Å²) < 4.78 is 5.66. The molecular formula is C18H28N2O2. The highest BCUT2D eigenvalue weighted by atomic mass is 16.5. The summed E-state index contributed by atoms with van der Waals surface area (Å²) >= 11 is 0. The number of carbonyl (C=O) groups excluding carboxylic acids is 1. The van der Waals surface area contributed by atoms with Crippen LogP contribution in [0.2, 0.25) is 0 Å². The predicted octanol–water partition coefficient (Wildman–Crippen LogP) is 2.57. The van der Waals surface area contributed by atoms with Crippen LogP contribution < -0.4 is 10.1 Å². The molecule has 0 spiro atoms. The molecule has 0 radical (unpaired) electrons. The minimum absolute atomic E-state index is 0.0812. The quantitative estimate of drug-likeness (QED) is 0.909. The molecule has 1 saturated heterocycles. The third-order valence-electron chi connectivity index (χ3n) is 4.22. The number of hydrogen-bond acceptors (Lipinski definition) is 3. The van der Waals surface area contributed by atoms with Gasteiger partial charge in [-0.2, -0.15) is 0 Å². The summed E-state index contributed by atoms with van der Waals surface area (Å²) in [4.78, 5) is 14.2. The molecule has 0 saturated carbocycles. The maximum absolute atomic E-state index is 12.3. The van der Waals surface area contributed by atoms with Crippen molar-refractivity contribution in [3.05, 3.63) is 29.8 Å². The summed E-state index contributed by atoms with van der Waals surface area (Å²) in [5.74, 6) is 0.836. The van der Waals surface area contributed by atoms with Crippen molar-refractivity contribution < 1.29 is 9.53 Å². The first-order valence-corrected chi connectivity index (χ1v) is 8.09. The summed E-state index contributed by atoms with van der Waals surface area (Å²) in [7, 11) is 1.92. The molecule has 1 atom stereocenters. The molecule has 0 aliphatic carbocycles. The van der Waals surface area contributed by atoms with E-state index in [0.717, 1.165) is 31.7 Å². The molecule has 0 aromatic heterocycles. The molecule has 4 nitrogen and oxygen atoms in total. The number of hydrogen-bond donors (Lipinski definition) is 1. The highest BCUT2D eigenvalue weighted by Crippen LogP contribution is 2.24. The summed E-state index contributed by atoms with van der Waals surface area (Å²) in [6, 6.07) is 8.34. The van der Waals surface area contributed by atoms with E-state index in [9.17, 15) is 4.79 Å². The van der Waals surface area contributed by atoms with Crippen LogP contribution in [0.4, 0.5) is 0 Å². The van der Waals surface area contributed by atoms with E-state index >= 15 is 0 Å². The molecule has 1 heterocycles. The van der Waals surface area contributed by atoms with E-state index in [1.807, 2.05) is 24.1 Å². The van der Waals surface area contributed by atoms with Crippen molar-refractivity contribution in [2.24, 2.45) is 0 Å². The normalized spacial score (nSPS) is 18.5. The number of nitrogens with zero attached hydrogens (tertiary/aromatic N) is 1. The van der Waals surface area contributed by atoms with Crippen molar-refractivity contribution >= 4 is 5.91 Å². The monoisotopic (exact) mass is 304 g/mol. The second-order valence-electron chi connectivity index (χ2n) is 7.00. The average molecular weight is 304 g/mol. The lowest BCUT2D eigenvalue weighted by molar-refractivity contribution is -0.134. The first-order valence-electron chi connectivity index (χ1n) is 8.09. The van der Waals surface area contributed by atoms with Crippen molar-refractivity contribution in [2.45, 2.75) is 45.1 Å². The zero-order chi connectivity index (χ0) is 16.2. The van der Waals surface area contributed by atoms with Crippen molar-refractivity contribution in [3.63, 3.8) is 0 Å². The number of ether oxygens (including phenoxy) is 1. The lowest BCUT2D eigenvalue weighted by Gasteiger charge is -2.24. The van der Waals surface area contributed by atoms with Crippen LogP contribution >= 0.6 is 0 Å². The Labute approximate surface area is 133 Å². The Morgan fingerprint density at radius 1 is 1.32 bits per heavy atom. The molecule has 22 heavy (non-hydrogen) atoms. The van der Waals surface area contributed by atoms with Crippen LogP contribution in [0.1, 0.15) is 39.2 Å². The predicted molar refractivity (Wildman–Crippen MR) is 89.3 cm³/mol. The van der Waals surface area contributed by atoms with Crippen LogP contribution in [0.3, 0.4) is 0 Å². The van der Waals surface area contributed by atoms with Crippen LogP contribution in [0.25, 0.3) is 0 Å². The lowest BCUT2D eigenvalue weighted by Crippen LogP contribution is -2.43. The number of carbonyl (C=O) groups is 1. The molecule has 1 aliphatic rings. The Morgan fingerprint density at radius 3 is 2.59 bits per heavy atom. The number of benzene rings is 1. The van der Waals surface area contributed by atoms with Gasteiger partial charge in [-0.1, -0.05) is 32.9 Å². The first-order chi connectivity index (χ1) is 10.4. The van der Waals surface area contributed by atoms with Gasteiger partial charge in [0.1, 0.15) is 5.75 Å². The van der Waals surface area contributed by atoms with Gasteiger partial charge in [0, 0.05) is 19.1 Å². The Bertz CT molecular complexity index is 491. The van der Waals surface area contributed by atoms with Crippen LogP contribution in [-0.4, -0.2) is 43.6 Å². The van der Waals surface area contributed by atoms with Crippen LogP contribution in [-0.2, 0) is 10.2 Å². The van der Waals surface area contributed by atoms with Crippen LogP contribution in [0.15, 0.2) is 24.3 Å². The molecule has 1 unspecified atom stereocenters. The first kappa shape index (κ1) is 16.8. The van der Waals surface area contributed by atoms with Gasteiger partial charge in [0.25, 0.3) is 5.91 Å². The summed E-state index contributed by atoms with van der Waals surface area (Å²) in [5.41, 5.74) is 1.39. The number of likely N-dealkylation sites (tertiary alicyclic amines) is 1. The van der Waals surface area contributed by atoms with E-state index in [1.165, 1.54) is 5.56 Å². The highest BCUT2D eigenvalue weighted by molar-refractivity contribution is 5.78. The van der Waals surface area contributed by atoms with Gasteiger partial charge >= 0.3 is 0 Å². The van der Waals surface area contributed by atoms with Crippen molar-refractivity contribution in [2.75, 3.05) is 26.7 Å². The van der Waals surface area contributed by atoms with Gasteiger partial charge in [0.05, 0.1) is 0 Å². The Morgan fingerprint density at radius 2 is 2.00 bits per heavy atom. The average Bonchev–Trinajstić information content (AvgIpc) is 2.93. The Balaban J connectivity index is 1.88. The van der Waals surface area contributed by atoms with Crippen molar-refractivity contribution in [1.82, 2.24) is 10.2 Å². The lowest BCUT2D eigenvalue weighted by atomic mass is 9.87. The Kier molecular flexibility index (Phi) is 5.46. The summed E-state index contributed by atoms with van der Waals surface area (Å²) in [6.07, 6.45) is 2.16. The molecule has 4 heteroatoms. The maximum Gasteiger partial charge on any atom is 0.260 e. The minimum atomic E-state index is 0.0812. The van der Waals surface area contributed by atoms with Gasteiger partial charge in [-0.3, -0.25) is 4.79 Å². The second-order valence-corrected chi connectivity index (χ2v) is 7.00. The standard InChI is InChI=1S/C18H28N2O2/c1-18(2,3)14-7-9-16(10-8-14)22-13-17(21)20-11-5-6-15(20)12-19-4/h7-10,15,19H,5-6,11-13H2,1-4H3. The van der Waals surface area contributed by atoms with Gasteiger partial charge in [-0.05, 0) is 43.0 Å². The largest absolute Gasteiger partial charge is 0.484 e. The molecule has 0 bridgehead atoms. The van der Waals surface area contributed by atoms with Gasteiger partial charge in [-0.25, -0.2) is 0 Å². The fourth-order valence-electron chi connectivity index (χ4n) is 2.89. The van der Waals surface area contributed by atoms with Crippen molar-refractivity contribution in [1.29, 1.82) is 0 Å². The zero-order valence-electron chi connectivity index (χ0n) is 14.2. The zero-order valence-corrected chi connectivity index (χ0v) is 14.2. The molecule has 1 fully saturated rings. The smallest absolute Gasteiger partial charge is 0.260 e. The second kappa shape index (κ2) is 7.14. The van der Waals surface area contributed by atoms with Gasteiger partial charge in [-0.15, -0.1) is 0 Å². The van der Waals surface area contributed by atoms with Gasteiger partial charge < -0.3 is 15.0 Å². The summed E-state index contributed by atoms with van der Waals surface area (Å²) in [6.45, 7) is 8.36. The van der Waals surface area contributed by atoms with Gasteiger partial charge in [0.15, 0.2) is 6.61 Å². The van der Waals surface area contributed by atoms with Crippen LogP contribution in [0.5, 0.6) is 5.75 Å². The third-order valence-corrected chi connectivity index (χ3v) is 4.22. The van der Waals surface area contributed by atoms with Gasteiger partial charge in [0.2, 0.25) is 0 Å². The topological polar surface area (TPSA) is 41.6 Å². The number of nitrogens with one attached hydrogen (secondary N) is 1. The molecule has 1 aromatic carbocycles. The molecular weight excluding hydrogens is 276 g/mol. The fourth-order valence-corrected chi connectivity index (χ4v) is 2.89. The number of amides is 1. The van der Waals surface area contributed by atoms with E-state index in [-0.39, 0.29) is 17.9 Å². The third kappa shape index (κ3) is 4.23. The molecule has 1 amide bonds. The number of likely N-dealkylation sites (N-methyl/N-ethyl adjacent to an activating group) is 1. The Hall–Kier alpha value is -1.55. The molecule has 2 rings (SSSR count). The van der Waals surface area contributed by atoms with E-state index in [2.05, 4.69) is 38.2 Å². The number of rotatable bonds is 5. The van der Waals surface area contributed by atoms with E-state index in [4.69, 9.17) is 4.74 Å². The van der Waals surface area contributed by atoms with Crippen molar-refractivity contribution in [3.8, 4) is 5.75 Å².